The quantitative estimate of drug-likeness (QED) is 0.746. The molecule has 1 aliphatic heterocycles. The zero-order valence-corrected chi connectivity index (χ0v) is 12.7. The van der Waals surface area contributed by atoms with Crippen LogP contribution in [0, 0.1) is 6.92 Å². The monoisotopic (exact) mass is 269 g/mol. The van der Waals surface area contributed by atoms with Crippen molar-refractivity contribution in [1.82, 2.24) is 4.98 Å². The summed E-state index contributed by atoms with van der Waals surface area (Å²) < 4.78 is 12.3. The molecule has 2 heterocycles. The molecular weight excluding hydrogens is 249 g/mol. The van der Waals surface area contributed by atoms with Crippen molar-refractivity contribution in [2.75, 3.05) is 0 Å². The third-order valence-electron chi connectivity index (χ3n) is 4.51. The van der Waals surface area contributed by atoms with E-state index < -0.39 is 0 Å². The van der Waals surface area contributed by atoms with Crippen LogP contribution in [0.2, 0.25) is 0 Å². The van der Waals surface area contributed by atoms with Gasteiger partial charge in [-0.2, -0.15) is 0 Å². The van der Waals surface area contributed by atoms with Crippen LogP contribution in [0.15, 0.2) is 30.5 Å². The largest absolute Gasteiger partial charge is 0.495 e. The topological polar surface area (TPSA) is 31.4 Å². The van der Waals surface area contributed by atoms with Gasteiger partial charge in [-0.1, -0.05) is 12.1 Å². The number of nitrogens with zero attached hydrogens (tertiary/aromatic N) is 1. The van der Waals surface area contributed by atoms with Crippen LogP contribution in [0.25, 0.3) is 10.9 Å². The number of aryl methyl sites for hydroxylation is 1. The highest BCUT2D eigenvalue weighted by molar-refractivity contribution is 6.65. The maximum Gasteiger partial charge on any atom is 0.495 e. The van der Waals surface area contributed by atoms with Gasteiger partial charge in [-0.3, -0.25) is 4.98 Å². The van der Waals surface area contributed by atoms with Gasteiger partial charge in [0, 0.05) is 11.6 Å². The highest BCUT2D eigenvalue weighted by Crippen LogP contribution is 2.37. The minimum absolute atomic E-state index is 0.323. The molecule has 0 unspecified atom stereocenters. The molecule has 3 nitrogen and oxygen atoms in total. The fourth-order valence-electron chi connectivity index (χ4n) is 2.58. The first-order valence-corrected chi connectivity index (χ1v) is 7.02. The number of benzene rings is 1. The molecule has 1 aromatic heterocycles. The summed E-state index contributed by atoms with van der Waals surface area (Å²) in [6.45, 7) is 10.4. The molecular formula is C16H20BNO2. The van der Waals surface area contributed by atoms with Crippen molar-refractivity contribution in [2.24, 2.45) is 0 Å². The van der Waals surface area contributed by atoms with E-state index in [0.717, 1.165) is 16.4 Å². The molecule has 1 aromatic carbocycles. The third-order valence-corrected chi connectivity index (χ3v) is 4.51. The van der Waals surface area contributed by atoms with E-state index in [9.17, 15) is 0 Å². The lowest BCUT2D eigenvalue weighted by Gasteiger charge is -2.32. The van der Waals surface area contributed by atoms with E-state index in [1.807, 2.05) is 24.4 Å². The van der Waals surface area contributed by atoms with Crippen molar-refractivity contribution in [3.63, 3.8) is 0 Å². The van der Waals surface area contributed by atoms with Gasteiger partial charge in [-0.05, 0) is 57.8 Å². The molecule has 0 bridgehead atoms. The van der Waals surface area contributed by atoms with Crippen LogP contribution in [-0.2, 0) is 9.31 Å². The van der Waals surface area contributed by atoms with E-state index in [0.29, 0.717) is 0 Å². The van der Waals surface area contributed by atoms with Crippen molar-refractivity contribution >= 4 is 23.5 Å². The predicted octanol–water partition coefficient (Wildman–Crippen LogP) is 2.84. The number of aromatic nitrogens is 1. The van der Waals surface area contributed by atoms with Gasteiger partial charge in [0.15, 0.2) is 0 Å². The number of pyridine rings is 1. The standard InChI is InChI=1S/C16H20BNO2/c1-11-7-6-8-13-14(11)12(9-10-18-13)17-19-15(2,3)16(4,5)20-17/h6-10H,1-5H3. The van der Waals surface area contributed by atoms with Gasteiger partial charge >= 0.3 is 7.12 Å². The van der Waals surface area contributed by atoms with E-state index in [-0.39, 0.29) is 18.3 Å². The molecule has 0 spiro atoms. The molecule has 0 aliphatic carbocycles. The summed E-state index contributed by atoms with van der Waals surface area (Å²) >= 11 is 0. The van der Waals surface area contributed by atoms with Crippen LogP contribution in [0.3, 0.4) is 0 Å². The molecule has 0 saturated carbocycles. The molecule has 0 atom stereocenters. The molecule has 20 heavy (non-hydrogen) atoms. The average Bonchev–Trinajstić information content (AvgIpc) is 2.58. The van der Waals surface area contributed by atoms with Crippen LogP contribution >= 0.6 is 0 Å². The lowest BCUT2D eigenvalue weighted by molar-refractivity contribution is 0.00578. The molecule has 0 radical (unpaired) electrons. The van der Waals surface area contributed by atoms with Gasteiger partial charge in [-0.25, -0.2) is 0 Å². The number of hydrogen-bond donors (Lipinski definition) is 0. The van der Waals surface area contributed by atoms with Crippen LogP contribution in [0.4, 0.5) is 0 Å². The Morgan fingerprint density at radius 3 is 2.30 bits per heavy atom. The average molecular weight is 269 g/mol. The van der Waals surface area contributed by atoms with Gasteiger partial charge in [0.25, 0.3) is 0 Å². The van der Waals surface area contributed by atoms with Crippen LogP contribution in [0.5, 0.6) is 0 Å². The summed E-state index contributed by atoms with van der Waals surface area (Å²) in [7, 11) is -0.341. The van der Waals surface area contributed by atoms with E-state index in [1.165, 1.54) is 5.56 Å². The van der Waals surface area contributed by atoms with E-state index in [4.69, 9.17) is 9.31 Å². The summed E-state index contributed by atoms with van der Waals surface area (Å²) in [6, 6.07) is 8.14. The summed E-state index contributed by atoms with van der Waals surface area (Å²) in [5, 5.41) is 1.13. The second-order valence-electron chi connectivity index (χ2n) is 6.46. The Kier molecular flexibility index (Phi) is 2.92. The lowest BCUT2D eigenvalue weighted by Crippen LogP contribution is -2.41. The number of hydrogen-bond acceptors (Lipinski definition) is 3. The molecule has 1 aliphatic rings. The minimum Gasteiger partial charge on any atom is -0.399 e. The Morgan fingerprint density at radius 1 is 1.00 bits per heavy atom. The molecule has 0 amide bonds. The Labute approximate surface area is 120 Å². The molecule has 2 aromatic rings. The molecule has 104 valence electrons. The second kappa shape index (κ2) is 4.30. The molecule has 4 heteroatoms. The highest BCUT2D eigenvalue weighted by atomic mass is 16.7. The number of fused-ring (bicyclic) bond motifs is 1. The zero-order valence-electron chi connectivity index (χ0n) is 12.7. The van der Waals surface area contributed by atoms with Gasteiger partial charge in [0.2, 0.25) is 0 Å². The first-order chi connectivity index (χ1) is 9.32. The Balaban J connectivity index is 2.13. The van der Waals surface area contributed by atoms with Crippen molar-refractivity contribution in [3.8, 4) is 0 Å². The smallest absolute Gasteiger partial charge is 0.399 e. The summed E-state index contributed by atoms with van der Waals surface area (Å²) in [4.78, 5) is 4.44. The van der Waals surface area contributed by atoms with E-state index >= 15 is 0 Å². The summed E-state index contributed by atoms with van der Waals surface area (Å²) in [5.41, 5.74) is 2.59. The fourth-order valence-corrected chi connectivity index (χ4v) is 2.58. The van der Waals surface area contributed by atoms with Crippen LogP contribution in [-0.4, -0.2) is 23.3 Å². The maximum absolute atomic E-state index is 6.16. The highest BCUT2D eigenvalue weighted by Gasteiger charge is 2.52. The second-order valence-corrected chi connectivity index (χ2v) is 6.46. The van der Waals surface area contributed by atoms with Crippen molar-refractivity contribution in [3.05, 3.63) is 36.0 Å². The van der Waals surface area contributed by atoms with Crippen molar-refractivity contribution < 1.29 is 9.31 Å². The number of rotatable bonds is 1. The van der Waals surface area contributed by atoms with Crippen LogP contribution < -0.4 is 5.46 Å². The van der Waals surface area contributed by atoms with Gasteiger partial charge in [-0.15, -0.1) is 0 Å². The SMILES string of the molecule is Cc1cccc2nccc(B3OC(C)(C)C(C)(C)O3)c12. The Morgan fingerprint density at radius 2 is 1.65 bits per heavy atom. The third kappa shape index (κ3) is 1.95. The minimum atomic E-state index is -0.341. The Hall–Kier alpha value is -1.39. The Bertz CT molecular complexity index is 645. The van der Waals surface area contributed by atoms with Crippen molar-refractivity contribution in [2.45, 2.75) is 45.8 Å². The van der Waals surface area contributed by atoms with Gasteiger partial charge in [0.05, 0.1) is 16.7 Å². The maximum atomic E-state index is 6.16. The lowest BCUT2D eigenvalue weighted by atomic mass is 9.76. The van der Waals surface area contributed by atoms with Gasteiger partial charge < -0.3 is 9.31 Å². The predicted molar refractivity (Wildman–Crippen MR) is 82.2 cm³/mol. The normalized spacial score (nSPS) is 20.6. The van der Waals surface area contributed by atoms with E-state index in [1.54, 1.807) is 0 Å². The molecule has 0 N–H and O–H groups in total. The summed E-state index contributed by atoms with van der Waals surface area (Å²) in [6.07, 6.45) is 1.82. The zero-order chi connectivity index (χ0) is 14.5. The first kappa shape index (κ1) is 13.6. The summed E-state index contributed by atoms with van der Waals surface area (Å²) in [5.74, 6) is 0. The molecule has 1 saturated heterocycles. The van der Waals surface area contributed by atoms with Crippen LogP contribution in [0.1, 0.15) is 33.3 Å². The van der Waals surface area contributed by atoms with Crippen molar-refractivity contribution in [1.29, 1.82) is 0 Å². The van der Waals surface area contributed by atoms with E-state index in [2.05, 4.69) is 45.7 Å². The molecule has 1 fully saturated rings. The fraction of sp³-hybridized carbons (Fsp3) is 0.438. The molecule has 3 rings (SSSR count). The first-order valence-electron chi connectivity index (χ1n) is 7.02. The van der Waals surface area contributed by atoms with Gasteiger partial charge in [0.1, 0.15) is 0 Å².